The van der Waals surface area contributed by atoms with E-state index in [1.807, 2.05) is 0 Å². The van der Waals surface area contributed by atoms with E-state index in [2.05, 4.69) is 25.3 Å². The number of hydrogen-bond acceptors (Lipinski definition) is 12. The molecule has 0 saturated carbocycles. The summed E-state index contributed by atoms with van der Waals surface area (Å²) in [5.74, 6) is 0.611. The van der Waals surface area contributed by atoms with Gasteiger partial charge in [-0.25, -0.2) is 0 Å². The number of hydrogen-bond donors (Lipinski definition) is 8. The second-order valence-corrected chi connectivity index (χ2v) is 7.26. The van der Waals surface area contributed by atoms with E-state index in [0.29, 0.717) is 12.2 Å². The molecule has 27 heavy (non-hydrogen) atoms. The summed E-state index contributed by atoms with van der Waals surface area (Å²) in [5.41, 5.74) is 0. The second kappa shape index (κ2) is 10.9. The smallest absolute Gasteiger partial charge is 0.187 e. The van der Waals surface area contributed by atoms with Crippen LogP contribution in [-0.2, 0) is 18.9 Å². The predicted molar refractivity (Wildman–Crippen MR) is 97.6 cm³/mol. The van der Waals surface area contributed by atoms with Crippen LogP contribution in [0.1, 0.15) is 6.42 Å². The maximum Gasteiger partial charge on any atom is 0.187 e. The maximum atomic E-state index is 10.4. The lowest BCUT2D eigenvalue weighted by Gasteiger charge is -2.46. The van der Waals surface area contributed by atoms with E-state index in [9.17, 15) is 30.6 Å². The number of ether oxygens (including phenoxy) is 4. The zero-order valence-electron chi connectivity index (χ0n) is 14.5. The molecule has 10 nitrogen and oxygen atoms in total. The highest BCUT2D eigenvalue weighted by Gasteiger charge is 2.50. The fraction of sp³-hybridized carbons (Fsp3) is 1.00. The highest BCUT2D eigenvalue weighted by Crippen LogP contribution is 2.29. The van der Waals surface area contributed by atoms with Crippen LogP contribution in [0.4, 0.5) is 0 Å². The van der Waals surface area contributed by atoms with Crippen LogP contribution >= 0.6 is 25.3 Å². The van der Waals surface area contributed by atoms with Gasteiger partial charge in [-0.2, -0.15) is 25.3 Å². The lowest BCUT2D eigenvalue weighted by molar-refractivity contribution is -0.356. The van der Waals surface area contributed by atoms with Gasteiger partial charge in [0.1, 0.15) is 42.7 Å². The van der Waals surface area contributed by atoms with Crippen molar-refractivity contribution in [2.45, 2.75) is 67.8 Å². The first-order valence-corrected chi connectivity index (χ1v) is 9.93. The molecular formula is C15H28O10S2. The molecule has 10 atom stereocenters. The minimum atomic E-state index is -1.62. The largest absolute Gasteiger partial charge is 0.394 e. The number of aliphatic hydroxyl groups is 6. The van der Waals surface area contributed by atoms with Gasteiger partial charge >= 0.3 is 0 Å². The molecule has 4 unspecified atom stereocenters. The quantitative estimate of drug-likeness (QED) is 0.146. The SMILES string of the molecule is OCC1O[C@@H](OCCCS)C(O)[C@H](O)[C@@H]1O[C@@H]1OC(CS)[C@H](O)[C@H](O)C1O. The Hall–Kier alpha value is 0.300. The van der Waals surface area contributed by atoms with Gasteiger partial charge in [-0.1, -0.05) is 0 Å². The van der Waals surface area contributed by atoms with Crippen molar-refractivity contribution in [1.29, 1.82) is 0 Å². The standard InChI is InChI=1S/C15H28O10S2/c16-4-6-13(10(19)12(21)14(23-6)22-2-1-3-26)25-15-11(20)9(18)8(17)7(5-27)24-15/h6-21,26-27H,1-5H2/t6?,7?,8-,9-,10-,11?,12?,13+,14+,15-/m0/s1. The summed E-state index contributed by atoms with van der Waals surface area (Å²) in [7, 11) is 0. The van der Waals surface area contributed by atoms with Crippen molar-refractivity contribution in [2.24, 2.45) is 0 Å². The Balaban J connectivity index is 2.06. The molecule has 2 rings (SSSR count). The van der Waals surface area contributed by atoms with Crippen LogP contribution in [-0.4, -0.2) is 117 Å². The number of thiol groups is 2. The Morgan fingerprint density at radius 2 is 1.41 bits per heavy atom. The number of aliphatic hydroxyl groups excluding tert-OH is 6. The Morgan fingerprint density at radius 3 is 2.00 bits per heavy atom. The average Bonchev–Trinajstić information content (AvgIpc) is 2.67. The van der Waals surface area contributed by atoms with Gasteiger partial charge in [0, 0.05) is 5.75 Å². The summed E-state index contributed by atoms with van der Waals surface area (Å²) in [4.78, 5) is 0. The highest BCUT2D eigenvalue weighted by molar-refractivity contribution is 7.80. The van der Waals surface area contributed by atoms with Gasteiger partial charge in [-0.05, 0) is 12.2 Å². The Kier molecular flexibility index (Phi) is 9.52. The molecular weight excluding hydrogens is 404 g/mol. The molecule has 0 aromatic rings. The third kappa shape index (κ3) is 5.47. The summed E-state index contributed by atoms with van der Waals surface area (Å²) in [5, 5.41) is 60.1. The van der Waals surface area contributed by atoms with Crippen molar-refractivity contribution >= 4 is 25.3 Å². The Bertz CT molecular complexity index is 443. The molecule has 0 spiro atoms. The topological polar surface area (TPSA) is 158 Å². The summed E-state index contributed by atoms with van der Waals surface area (Å²) in [6, 6.07) is 0. The van der Waals surface area contributed by atoms with E-state index in [-0.39, 0.29) is 12.4 Å². The normalized spacial score (nSPS) is 45.8. The van der Waals surface area contributed by atoms with E-state index in [1.54, 1.807) is 0 Å². The third-order valence-electron chi connectivity index (χ3n) is 4.54. The van der Waals surface area contributed by atoms with Crippen molar-refractivity contribution in [3.63, 3.8) is 0 Å². The van der Waals surface area contributed by atoms with Crippen molar-refractivity contribution in [3.05, 3.63) is 0 Å². The maximum absolute atomic E-state index is 10.4. The molecule has 2 aliphatic rings. The molecule has 160 valence electrons. The molecule has 0 aromatic heterocycles. The predicted octanol–water partition coefficient (Wildman–Crippen LogP) is -3.12. The van der Waals surface area contributed by atoms with Gasteiger partial charge in [0.15, 0.2) is 12.6 Å². The minimum absolute atomic E-state index is 0.0433. The van der Waals surface area contributed by atoms with Gasteiger partial charge < -0.3 is 49.6 Å². The molecule has 6 N–H and O–H groups in total. The van der Waals surface area contributed by atoms with E-state index < -0.39 is 68.0 Å². The zero-order chi connectivity index (χ0) is 20.1. The van der Waals surface area contributed by atoms with Gasteiger partial charge in [0.2, 0.25) is 0 Å². The summed E-state index contributed by atoms with van der Waals surface area (Å²) in [6.07, 6.45) is -12.8. The van der Waals surface area contributed by atoms with Crippen LogP contribution < -0.4 is 0 Å². The van der Waals surface area contributed by atoms with Crippen molar-refractivity contribution in [1.82, 2.24) is 0 Å². The molecule has 0 radical (unpaired) electrons. The van der Waals surface area contributed by atoms with Crippen molar-refractivity contribution < 1.29 is 49.6 Å². The third-order valence-corrected chi connectivity index (χ3v) is 5.22. The molecule has 2 fully saturated rings. The fourth-order valence-electron chi connectivity index (χ4n) is 2.96. The van der Waals surface area contributed by atoms with Crippen LogP contribution in [0.2, 0.25) is 0 Å². The number of rotatable bonds is 8. The first-order valence-electron chi connectivity index (χ1n) is 8.66. The van der Waals surface area contributed by atoms with E-state index in [4.69, 9.17) is 18.9 Å². The molecule has 12 heteroatoms. The summed E-state index contributed by atoms with van der Waals surface area (Å²) >= 11 is 8.06. The minimum Gasteiger partial charge on any atom is -0.394 e. The lowest BCUT2D eigenvalue weighted by atomic mass is 9.97. The fourth-order valence-corrected chi connectivity index (χ4v) is 3.39. The lowest BCUT2D eigenvalue weighted by Crippen LogP contribution is -2.64. The van der Waals surface area contributed by atoms with Gasteiger partial charge in [-0.15, -0.1) is 0 Å². The molecule has 2 aliphatic heterocycles. The van der Waals surface area contributed by atoms with E-state index in [1.165, 1.54) is 0 Å². The first-order chi connectivity index (χ1) is 12.8. The van der Waals surface area contributed by atoms with Crippen LogP contribution in [0.15, 0.2) is 0 Å². The molecule has 2 saturated heterocycles. The van der Waals surface area contributed by atoms with Gasteiger partial charge in [0.05, 0.1) is 19.3 Å². The van der Waals surface area contributed by atoms with Crippen LogP contribution in [0.5, 0.6) is 0 Å². The Morgan fingerprint density at radius 1 is 0.778 bits per heavy atom. The summed E-state index contributed by atoms with van der Waals surface area (Å²) < 4.78 is 21.7. The molecule has 0 amide bonds. The second-order valence-electron chi connectivity index (χ2n) is 6.45. The molecule has 0 aromatic carbocycles. The van der Waals surface area contributed by atoms with Crippen LogP contribution in [0.3, 0.4) is 0 Å². The molecule has 2 heterocycles. The average molecular weight is 433 g/mol. The van der Waals surface area contributed by atoms with Crippen molar-refractivity contribution in [3.8, 4) is 0 Å². The van der Waals surface area contributed by atoms with Crippen molar-refractivity contribution in [2.75, 3.05) is 24.7 Å². The van der Waals surface area contributed by atoms with E-state index >= 15 is 0 Å². The summed E-state index contributed by atoms with van der Waals surface area (Å²) in [6.45, 7) is -0.329. The van der Waals surface area contributed by atoms with Gasteiger partial charge in [-0.3, -0.25) is 0 Å². The highest BCUT2D eigenvalue weighted by atomic mass is 32.1. The molecule has 0 bridgehead atoms. The molecule has 0 aliphatic carbocycles. The van der Waals surface area contributed by atoms with Gasteiger partial charge in [0.25, 0.3) is 0 Å². The van der Waals surface area contributed by atoms with E-state index in [0.717, 1.165) is 0 Å². The monoisotopic (exact) mass is 432 g/mol. The first kappa shape index (κ1) is 23.6. The Labute approximate surface area is 167 Å². The van der Waals surface area contributed by atoms with Crippen LogP contribution in [0, 0.1) is 0 Å². The van der Waals surface area contributed by atoms with Crippen LogP contribution in [0.25, 0.3) is 0 Å². The zero-order valence-corrected chi connectivity index (χ0v) is 16.3.